The van der Waals surface area contributed by atoms with Crippen LogP contribution in [-0.4, -0.2) is 12.5 Å². The number of amides is 1. The number of pyridine rings is 1. The van der Waals surface area contributed by atoms with E-state index in [-0.39, 0.29) is 5.91 Å². The molecule has 0 aromatic carbocycles. The molecule has 3 nitrogen and oxygen atoms in total. The Bertz CT molecular complexity index is 293. The molecule has 1 rings (SSSR count). The Morgan fingerprint density at radius 2 is 2.07 bits per heavy atom. The second-order valence-electron chi connectivity index (χ2n) is 3.36. The molecule has 1 heterocycles. The second-order valence-corrected chi connectivity index (χ2v) is 3.36. The Morgan fingerprint density at radius 3 is 2.64 bits per heavy atom. The minimum absolute atomic E-state index is 0.0130. The third kappa shape index (κ3) is 3.17. The van der Waals surface area contributed by atoms with E-state index >= 15 is 0 Å². The number of aryl methyl sites for hydroxylation is 1. The zero-order chi connectivity index (χ0) is 10.4. The summed E-state index contributed by atoms with van der Waals surface area (Å²) in [6.07, 6.45) is 5.87. The number of hydrogen-bond acceptors (Lipinski definition) is 1. The quantitative estimate of drug-likeness (QED) is 0.562. The Kier molecular flexibility index (Phi) is 4.11. The highest BCUT2D eigenvalue weighted by molar-refractivity contribution is 5.93. The first-order valence-electron chi connectivity index (χ1n) is 4.97. The predicted octanol–water partition coefficient (Wildman–Crippen LogP) is 1.04. The zero-order valence-corrected chi connectivity index (χ0v) is 8.79. The summed E-state index contributed by atoms with van der Waals surface area (Å²) in [5.74, 6) is 0.0130. The molecule has 0 aliphatic rings. The lowest BCUT2D eigenvalue weighted by molar-refractivity contribution is -0.671. The lowest BCUT2D eigenvalue weighted by atomic mass is 10.2. The van der Waals surface area contributed by atoms with Gasteiger partial charge in [0.2, 0.25) is 0 Å². The lowest BCUT2D eigenvalue weighted by Crippen LogP contribution is -2.29. The van der Waals surface area contributed by atoms with Crippen LogP contribution in [0.4, 0.5) is 0 Å². The van der Waals surface area contributed by atoms with Crippen LogP contribution < -0.4 is 9.88 Å². The molecule has 0 radical (unpaired) electrons. The highest BCUT2D eigenvalue weighted by atomic mass is 16.1. The highest BCUT2D eigenvalue weighted by Gasteiger charge is 2.05. The summed E-state index contributed by atoms with van der Waals surface area (Å²) in [7, 11) is 1.93. The van der Waals surface area contributed by atoms with Gasteiger partial charge in [-0.1, -0.05) is 13.3 Å². The maximum absolute atomic E-state index is 11.5. The van der Waals surface area contributed by atoms with E-state index in [1.165, 1.54) is 0 Å². The summed E-state index contributed by atoms with van der Waals surface area (Å²) in [6.45, 7) is 2.87. The van der Waals surface area contributed by atoms with Crippen molar-refractivity contribution in [2.24, 2.45) is 7.05 Å². The first-order chi connectivity index (χ1) is 6.74. The molecule has 0 saturated carbocycles. The standard InChI is InChI=1S/C11H16N2O/c1-3-4-7-12-11(14)10-5-8-13(2)9-6-10/h5-6,8-9H,3-4,7H2,1-2H3/p+1. The average Bonchev–Trinajstić information content (AvgIpc) is 2.19. The molecular weight excluding hydrogens is 176 g/mol. The first kappa shape index (κ1) is 10.7. The molecule has 0 atom stereocenters. The SMILES string of the molecule is CCCCNC(=O)c1cc[n+](C)cc1. The van der Waals surface area contributed by atoms with Crippen molar-refractivity contribution in [3.63, 3.8) is 0 Å². The second kappa shape index (κ2) is 5.37. The number of carbonyl (C=O) groups excluding carboxylic acids is 1. The summed E-state index contributed by atoms with van der Waals surface area (Å²) in [4.78, 5) is 11.5. The van der Waals surface area contributed by atoms with Gasteiger partial charge in [0.25, 0.3) is 5.91 Å². The molecule has 1 aromatic rings. The number of aromatic nitrogens is 1. The van der Waals surface area contributed by atoms with E-state index in [0.29, 0.717) is 0 Å². The Morgan fingerprint density at radius 1 is 1.43 bits per heavy atom. The maximum Gasteiger partial charge on any atom is 0.251 e. The number of carbonyl (C=O) groups is 1. The molecule has 1 N–H and O–H groups in total. The molecule has 0 saturated heterocycles. The zero-order valence-electron chi connectivity index (χ0n) is 8.79. The van der Waals surface area contributed by atoms with Gasteiger partial charge in [-0.3, -0.25) is 4.79 Å². The summed E-state index contributed by atoms with van der Waals surface area (Å²) < 4.78 is 1.91. The molecule has 0 fully saturated rings. The van der Waals surface area contributed by atoms with Gasteiger partial charge in [-0.25, -0.2) is 4.57 Å². The van der Waals surface area contributed by atoms with Crippen LogP contribution in [0.2, 0.25) is 0 Å². The largest absolute Gasteiger partial charge is 0.352 e. The summed E-state index contributed by atoms with van der Waals surface area (Å²) >= 11 is 0. The van der Waals surface area contributed by atoms with Crippen LogP contribution >= 0.6 is 0 Å². The van der Waals surface area contributed by atoms with Gasteiger partial charge >= 0.3 is 0 Å². The Labute approximate surface area is 84.8 Å². The van der Waals surface area contributed by atoms with Gasteiger partial charge in [-0.2, -0.15) is 0 Å². The maximum atomic E-state index is 11.5. The fraction of sp³-hybridized carbons (Fsp3) is 0.455. The van der Waals surface area contributed by atoms with Crippen LogP contribution in [-0.2, 0) is 7.05 Å². The fourth-order valence-electron chi connectivity index (χ4n) is 1.13. The van der Waals surface area contributed by atoms with Crippen LogP contribution in [0.1, 0.15) is 30.1 Å². The molecule has 0 unspecified atom stereocenters. The van der Waals surface area contributed by atoms with E-state index in [4.69, 9.17) is 0 Å². The van der Waals surface area contributed by atoms with Crippen molar-refractivity contribution in [2.75, 3.05) is 6.54 Å². The van der Waals surface area contributed by atoms with Gasteiger partial charge in [-0.15, -0.1) is 0 Å². The monoisotopic (exact) mass is 193 g/mol. The number of hydrogen-bond donors (Lipinski definition) is 1. The predicted molar refractivity (Wildman–Crippen MR) is 54.9 cm³/mol. The summed E-state index contributed by atoms with van der Waals surface area (Å²) in [6, 6.07) is 3.64. The molecular formula is C11H17N2O+. The van der Waals surface area contributed by atoms with Crippen molar-refractivity contribution >= 4 is 5.91 Å². The molecule has 0 bridgehead atoms. The number of nitrogens with zero attached hydrogens (tertiary/aromatic N) is 1. The Balaban J connectivity index is 2.48. The van der Waals surface area contributed by atoms with Crippen molar-refractivity contribution in [3.8, 4) is 0 Å². The van der Waals surface area contributed by atoms with Crippen molar-refractivity contribution < 1.29 is 9.36 Å². The number of rotatable bonds is 4. The summed E-state index contributed by atoms with van der Waals surface area (Å²) in [5, 5.41) is 2.87. The molecule has 0 aliphatic carbocycles. The normalized spacial score (nSPS) is 9.86. The molecule has 1 aromatic heterocycles. The highest BCUT2D eigenvalue weighted by Crippen LogP contribution is 1.94. The van der Waals surface area contributed by atoms with Gasteiger partial charge in [0.05, 0.1) is 5.56 Å². The minimum Gasteiger partial charge on any atom is -0.352 e. The van der Waals surface area contributed by atoms with Crippen LogP contribution in [0.15, 0.2) is 24.5 Å². The third-order valence-electron chi connectivity index (χ3n) is 2.06. The summed E-state index contributed by atoms with van der Waals surface area (Å²) in [5.41, 5.74) is 0.721. The van der Waals surface area contributed by atoms with Crippen molar-refractivity contribution in [1.29, 1.82) is 0 Å². The first-order valence-corrected chi connectivity index (χ1v) is 4.97. The molecule has 0 aliphatic heterocycles. The van der Waals surface area contributed by atoms with Crippen LogP contribution in [0, 0.1) is 0 Å². The topological polar surface area (TPSA) is 33.0 Å². The van der Waals surface area contributed by atoms with E-state index in [2.05, 4.69) is 12.2 Å². The van der Waals surface area contributed by atoms with E-state index in [1.54, 1.807) is 0 Å². The Hall–Kier alpha value is -1.38. The van der Waals surface area contributed by atoms with E-state index in [0.717, 1.165) is 24.9 Å². The van der Waals surface area contributed by atoms with Gasteiger partial charge in [0.1, 0.15) is 7.05 Å². The number of nitrogens with one attached hydrogen (secondary N) is 1. The van der Waals surface area contributed by atoms with Crippen molar-refractivity contribution in [1.82, 2.24) is 5.32 Å². The van der Waals surface area contributed by atoms with Crippen LogP contribution in [0.5, 0.6) is 0 Å². The van der Waals surface area contributed by atoms with Gasteiger partial charge < -0.3 is 5.32 Å². The lowest BCUT2D eigenvalue weighted by Gasteiger charge is -2.02. The molecule has 0 spiro atoms. The van der Waals surface area contributed by atoms with Gasteiger partial charge in [0, 0.05) is 18.7 Å². The smallest absolute Gasteiger partial charge is 0.251 e. The molecule has 3 heteroatoms. The molecule has 1 amide bonds. The van der Waals surface area contributed by atoms with Crippen molar-refractivity contribution in [3.05, 3.63) is 30.1 Å². The van der Waals surface area contributed by atoms with E-state index in [9.17, 15) is 4.79 Å². The van der Waals surface area contributed by atoms with Gasteiger partial charge in [-0.05, 0) is 6.42 Å². The fourth-order valence-corrected chi connectivity index (χ4v) is 1.13. The number of unbranched alkanes of at least 4 members (excludes halogenated alkanes) is 1. The van der Waals surface area contributed by atoms with Crippen LogP contribution in [0.25, 0.3) is 0 Å². The third-order valence-corrected chi connectivity index (χ3v) is 2.06. The average molecular weight is 193 g/mol. The molecule has 76 valence electrons. The van der Waals surface area contributed by atoms with E-state index < -0.39 is 0 Å². The van der Waals surface area contributed by atoms with Crippen molar-refractivity contribution in [2.45, 2.75) is 19.8 Å². The minimum atomic E-state index is 0.0130. The van der Waals surface area contributed by atoms with E-state index in [1.807, 2.05) is 36.1 Å². The van der Waals surface area contributed by atoms with Gasteiger partial charge in [0.15, 0.2) is 12.4 Å². The van der Waals surface area contributed by atoms with Crippen LogP contribution in [0.3, 0.4) is 0 Å². The molecule has 14 heavy (non-hydrogen) atoms.